The summed E-state index contributed by atoms with van der Waals surface area (Å²) in [5.74, 6) is -0.268. The first kappa shape index (κ1) is 12.7. The van der Waals surface area contributed by atoms with Crippen LogP contribution in [0.2, 0.25) is 0 Å². The number of aliphatic hydroxyl groups excluding tert-OH is 1. The molecule has 0 saturated carbocycles. The molecule has 4 unspecified atom stereocenters. The number of carbonyl (C=O) groups excluding carboxylic acids is 1. The molecule has 0 spiro atoms. The quantitative estimate of drug-likeness (QED) is 0.802. The number of aryl methyl sites for hydroxylation is 1. The van der Waals surface area contributed by atoms with E-state index in [9.17, 15) is 9.90 Å². The first-order valence-corrected chi connectivity index (χ1v) is 6.78. The topological polar surface area (TPSA) is 54.7 Å². The molecular formula is C14H20N2O3. The van der Waals surface area contributed by atoms with Crippen molar-refractivity contribution in [2.45, 2.75) is 43.6 Å². The van der Waals surface area contributed by atoms with Gasteiger partial charge < -0.3 is 14.4 Å². The van der Waals surface area contributed by atoms with Gasteiger partial charge in [0.15, 0.2) is 0 Å². The summed E-state index contributed by atoms with van der Waals surface area (Å²) in [5, 5.41) is 9.96. The largest absolute Gasteiger partial charge is 0.458 e. The van der Waals surface area contributed by atoms with Gasteiger partial charge in [-0.15, -0.1) is 0 Å². The van der Waals surface area contributed by atoms with Crippen LogP contribution in [0.15, 0.2) is 18.3 Å². The molecule has 0 aromatic carbocycles. The highest BCUT2D eigenvalue weighted by molar-refractivity contribution is 5.87. The van der Waals surface area contributed by atoms with Gasteiger partial charge in [0.2, 0.25) is 0 Å². The fourth-order valence-electron chi connectivity index (χ4n) is 3.38. The Labute approximate surface area is 112 Å². The number of carbonyl (C=O) groups is 1. The van der Waals surface area contributed by atoms with Crippen molar-refractivity contribution in [1.29, 1.82) is 0 Å². The van der Waals surface area contributed by atoms with Crippen LogP contribution in [0.5, 0.6) is 0 Å². The van der Waals surface area contributed by atoms with Crippen molar-refractivity contribution < 1.29 is 14.6 Å². The van der Waals surface area contributed by atoms with Crippen LogP contribution >= 0.6 is 0 Å². The highest BCUT2D eigenvalue weighted by Gasteiger charge is 2.45. The highest BCUT2D eigenvalue weighted by Crippen LogP contribution is 2.36. The normalized spacial score (nSPS) is 34.5. The highest BCUT2D eigenvalue weighted by atomic mass is 16.5. The third kappa shape index (κ3) is 2.17. The van der Waals surface area contributed by atoms with Crippen LogP contribution in [0.1, 0.15) is 29.8 Å². The SMILES string of the molecule is CN1C2CC(OC(=O)c3cccn3C)CC1C(O)C2. The van der Waals surface area contributed by atoms with Gasteiger partial charge in [0.1, 0.15) is 11.8 Å². The van der Waals surface area contributed by atoms with E-state index in [1.807, 2.05) is 26.4 Å². The van der Waals surface area contributed by atoms with E-state index in [0.717, 1.165) is 19.3 Å². The van der Waals surface area contributed by atoms with E-state index in [4.69, 9.17) is 4.74 Å². The second-order valence-electron chi connectivity index (χ2n) is 5.69. The third-order valence-electron chi connectivity index (χ3n) is 4.52. The van der Waals surface area contributed by atoms with Crippen molar-refractivity contribution in [2.24, 2.45) is 7.05 Å². The molecule has 2 fully saturated rings. The molecule has 1 aromatic rings. The molecule has 2 aliphatic rings. The fourth-order valence-corrected chi connectivity index (χ4v) is 3.38. The van der Waals surface area contributed by atoms with Crippen molar-refractivity contribution in [3.05, 3.63) is 24.0 Å². The number of likely N-dealkylation sites (N-methyl/N-ethyl adjacent to an activating group) is 1. The lowest BCUT2D eigenvalue weighted by atomic mass is 10.0. The molecule has 0 aliphatic carbocycles. The number of piperidine rings is 1. The van der Waals surface area contributed by atoms with E-state index in [1.165, 1.54) is 0 Å². The molecule has 1 aromatic heterocycles. The Morgan fingerprint density at radius 3 is 2.79 bits per heavy atom. The van der Waals surface area contributed by atoms with Crippen LogP contribution in [0, 0.1) is 0 Å². The Bertz CT molecular complexity index is 485. The summed E-state index contributed by atoms with van der Waals surface area (Å²) in [6.07, 6.45) is 3.81. The minimum Gasteiger partial charge on any atom is -0.458 e. The molecule has 0 radical (unpaired) electrons. The van der Waals surface area contributed by atoms with Crippen molar-refractivity contribution in [1.82, 2.24) is 9.47 Å². The Hall–Kier alpha value is -1.33. The summed E-state index contributed by atoms with van der Waals surface area (Å²) < 4.78 is 7.36. The Balaban J connectivity index is 1.66. The predicted octanol–water partition coefficient (Wildman–Crippen LogP) is 0.778. The van der Waals surface area contributed by atoms with Gasteiger partial charge >= 0.3 is 5.97 Å². The monoisotopic (exact) mass is 264 g/mol. The standard InChI is InChI=1S/C14H20N2O3/c1-15-5-3-4-11(15)14(18)19-10-6-9-7-13(17)12(8-10)16(9)2/h3-5,9-10,12-13,17H,6-8H2,1-2H3. The van der Waals surface area contributed by atoms with Crippen molar-refractivity contribution >= 4 is 5.97 Å². The van der Waals surface area contributed by atoms with Gasteiger partial charge in [-0.05, 0) is 25.6 Å². The van der Waals surface area contributed by atoms with Crippen LogP contribution in [-0.2, 0) is 11.8 Å². The van der Waals surface area contributed by atoms with Gasteiger partial charge in [0.05, 0.1) is 6.10 Å². The summed E-state index contributed by atoms with van der Waals surface area (Å²) >= 11 is 0. The van der Waals surface area contributed by atoms with E-state index in [1.54, 1.807) is 10.6 Å². The van der Waals surface area contributed by atoms with Crippen LogP contribution in [-0.4, -0.2) is 51.9 Å². The molecule has 0 amide bonds. The molecule has 3 rings (SSSR count). The number of esters is 1. The summed E-state index contributed by atoms with van der Waals surface area (Å²) in [6, 6.07) is 4.06. The third-order valence-corrected chi connectivity index (χ3v) is 4.52. The minimum absolute atomic E-state index is 0.0780. The van der Waals surface area contributed by atoms with E-state index >= 15 is 0 Å². The molecule has 5 nitrogen and oxygen atoms in total. The molecular weight excluding hydrogens is 244 g/mol. The van der Waals surface area contributed by atoms with Gasteiger partial charge in [-0.2, -0.15) is 0 Å². The first-order chi connectivity index (χ1) is 9.06. The van der Waals surface area contributed by atoms with E-state index in [0.29, 0.717) is 11.7 Å². The molecule has 4 atom stereocenters. The average Bonchev–Trinajstić information content (AvgIpc) is 2.83. The zero-order valence-electron chi connectivity index (χ0n) is 11.3. The minimum atomic E-state index is -0.284. The number of rotatable bonds is 2. The zero-order chi connectivity index (χ0) is 13.6. The van der Waals surface area contributed by atoms with Crippen LogP contribution in [0.25, 0.3) is 0 Å². The number of aromatic nitrogens is 1. The lowest BCUT2D eigenvalue weighted by Crippen LogP contribution is -2.45. The number of fused-ring (bicyclic) bond motifs is 2. The Morgan fingerprint density at radius 2 is 2.16 bits per heavy atom. The van der Waals surface area contributed by atoms with Crippen LogP contribution in [0.4, 0.5) is 0 Å². The average molecular weight is 264 g/mol. The molecule has 2 saturated heterocycles. The molecule has 5 heteroatoms. The maximum absolute atomic E-state index is 12.1. The van der Waals surface area contributed by atoms with E-state index < -0.39 is 0 Å². The lowest BCUT2D eigenvalue weighted by Gasteiger charge is -2.35. The number of aliphatic hydroxyl groups is 1. The van der Waals surface area contributed by atoms with Crippen molar-refractivity contribution in [3.8, 4) is 0 Å². The number of hydrogen-bond donors (Lipinski definition) is 1. The van der Waals surface area contributed by atoms with Crippen molar-refractivity contribution in [2.75, 3.05) is 7.05 Å². The molecule has 2 aliphatic heterocycles. The lowest BCUT2D eigenvalue weighted by molar-refractivity contribution is -0.00906. The summed E-state index contributed by atoms with van der Waals surface area (Å²) in [6.45, 7) is 0. The van der Waals surface area contributed by atoms with E-state index in [-0.39, 0.29) is 24.2 Å². The Kier molecular flexibility index (Phi) is 3.11. The van der Waals surface area contributed by atoms with Crippen molar-refractivity contribution in [3.63, 3.8) is 0 Å². The van der Waals surface area contributed by atoms with Gasteiger partial charge in [0.25, 0.3) is 0 Å². The smallest absolute Gasteiger partial charge is 0.355 e. The van der Waals surface area contributed by atoms with E-state index in [2.05, 4.69) is 4.90 Å². The predicted molar refractivity (Wildman–Crippen MR) is 69.8 cm³/mol. The van der Waals surface area contributed by atoms with Gasteiger partial charge in [-0.3, -0.25) is 4.90 Å². The zero-order valence-corrected chi connectivity index (χ0v) is 11.3. The second-order valence-corrected chi connectivity index (χ2v) is 5.69. The summed E-state index contributed by atoms with van der Waals surface area (Å²) in [7, 11) is 3.87. The maximum atomic E-state index is 12.1. The molecule has 2 bridgehead atoms. The Morgan fingerprint density at radius 1 is 1.37 bits per heavy atom. The maximum Gasteiger partial charge on any atom is 0.355 e. The molecule has 3 heterocycles. The van der Waals surface area contributed by atoms with Gasteiger partial charge in [-0.1, -0.05) is 0 Å². The van der Waals surface area contributed by atoms with Gasteiger partial charge in [-0.25, -0.2) is 4.79 Å². The fraction of sp³-hybridized carbons (Fsp3) is 0.643. The van der Waals surface area contributed by atoms with Crippen LogP contribution in [0.3, 0.4) is 0 Å². The second kappa shape index (κ2) is 4.65. The first-order valence-electron chi connectivity index (χ1n) is 6.78. The number of ether oxygens (including phenoxy) is 1. The summed E-state index contributed by atoms with van der Waals surface area (Å²) in [5.41, 5.74) is 0.576. The molecule has 104 valence electrons. The summed E-state index contributed by atoms with van der Waals surface area (Å²) in [4.78, 5) is 14.3. The van der Waals surface area contributed by atoms with Crippen LogP contribution < -0.4 is 0 Å². The molecule has 1 N–H and O–H groups in total. The number of hydrogen-bond acceptors (Lipinski definition) is 4. The number of nitrogens with zero attached hydrogens (tertiary/aromatic N) is 2. The van der Waals surface area contributed by atoms with Gasteiger partial charge in [0, 0.05) is 38.2 Å². The molecule has 19 heavy (non-hydrogen) atoms.